The van der Waals surface area contributed by atoms with Gasteiger partial charge in [0, 0.05) is 19.1 Å². The molecule has 2 aliphatic rings. The minimum absolute atomic E-state index is 0.131. The number of hydrogen-bond acceptors (Lipinski definition) is 4. The summed E-state index contributed by atoms with van der Waals surface area (Å²) in [6, 6.07) is 7.30. The van der Waals surface area contributed by atoms with Crippen molar-refractivity contribution in [3.63, 3.8) is 0 Å². The van der Waals surface area contributed by atoms with Crippen molar-refractivity contribution in [3.05, 3.63) is 24.3 Å². The predicted molar refractivity (Wildman–Crippen MR) is 83.9 cm³/mol. The molecule has 6 heteroatoms. The molecule has 2 fully saturated rings. The summed E-state index contributed by atoms with van der Waals surface area (Å²) >= 11 is 0. The highest BCUT2D eigenvalue weighted by molar-refractivity contribution is 7.89. The Morgan fingerprint density at radius 2 is 2.00 bits per heavy atom. The highest BCUT2D eigenvalue weighted by Crippen LogP contribution is 2.26. The van der Waals surface area contributed by atoms with Crippen molar-refractivity contribution < 1.29 is 8.42 Å². The van der Waals surface area contributed by atoms with Gasteiger partial charge in [0.05, 0.1) is 5.69 Å². The van der Waals surface area contributed by atoms with Crippen molar-refractivity contribution in [1.29, 1.82) is 0 Å². The number of anilines is 1. The quantitative estimate of drug-likeness (QED) is 0.836. The van der Waals surface area contributed by atoms with Gasteiger partial charge in [-0.1, -0.05) is 12.1 Å². The monoisotopic (exact) mass is 309 g/mol. The van der Waals surface area contributed by atoms with Crippen LogP contribution < -0.4 is 10.0 Å². The van der Waals surface area contributed by atoms with Gasteiger partial charge in [-0.15, -0.1) is 0 Å². The van der Waals surface area contributed by atoms with Crippen molar-refractivity contribution in [1.82, 2.24) is 9.62 Å². The Labute approximate surface area is 126 Å². The van der Waals surface area contributed by atoms with Crippen LogP contribution in [0.5, 0.6) is 0 Å². The topological polar surface area (TPSA) is 61.4 Å². The molecule has 2 N–H and O–H groups in total. The van der Waals surface area contributed by atoms with E-state index in [4.69, 9.17) is 0 Å². The summed E-state index contributed by atoms with van der Waals surface area (Å²) in [4.78, 5) is 2.67. The van der Waals surface area contributed by atoms with Crippen LogP contribution in [0.3, 0.4) is 0 Å². The molecule has 0 spiro atoms. The summed E-state index contributed by atoms with van der Waals surface area (Å²) in [7, 11) is -1.28. The molecule has 1 aromatic carbocycles. The molecule has 1 atom stereocenters. The first-order valence-electron chi connectivity index (χ1n) is 7.58. The van der Waals surface area contributed by atoms with Gasteiger partial charge in [-0.05, 0) is 50.9 Å². The molecule has 0 radical (unpaired) electrons. The van der Waals surface area contributed by atoms with E-state index in [0.29, 0.717) is 16.5 Å². The van der Waals surface area contributed by atoms with Crippen LogP contribution in [0.1, 0.15) is 19.3 Å². The molecule has 1 heterocycles. The second-order valence-electron chi connectivity index (χ2n) is 6.19. The van der Waals surface area contributed by atoms with Crippen molar-refractivity contribution in [2.24, 2.45) is 5.92 Å². The van der Waals surface area contributed by atoms with Gasteiger partial charge in [0.25, 0.3) is 0 Å². The minimum atomic E-state index is -3.41. The second-order valence-corrected chi connectivity index (χ2v) is 7.87. The van der Waals surface area contributed by atoms with Crippen LogP contribution in [0.25, 0.3) is 0 Å². The molecule has 0 amide bonds. The minimum Gasteiger partial charge on any atom is -0.384 e. The van der Waals surface area contributed by atoms with E-state index in [2.05, 4.69) is 22.0 Å². The van der Waals surface area contributed by atoms with Gasteiger partial charge in [-0.3, -0.25) is 0 Å². The summed E-state index contributed by atoms with van der Waals surface area (Å²) in [6.07, 6.45) is 3.06. The third-order valence-electron chi connectivity index (χ3n) is 4.15. The van der Waals surface area contributed by atoms with E-state index in [-0.39, 0.29) is 6.04 Å². The number of para-hydroxylation sites is 1. The van der Waals surface area contributed by atoms with E-state index >= 15 is 0 Å². The van der Waals surface area contributed by atoms with Crippen molar-refractivity contribution in [3.8, 4) is 0 Å². The Bertz CT molecular complexity index is 599. The number of sulfonamides is 1. The highest BCUT2D eigenvalue weighted by Gasteiger charge is 2.29. The van der Waals surface area contributed by atoms with Crippen molar-refractivity contribution >= 4 is 15.7 Å². The molecule has 116 valence electrons. The fourth-order valence-electron chi connectivity index (χ4n) is 2.78. The van der Waals surface area contributed by atoms with Gasteiger partial charge in [0.1, 0.15) is 4.90 Å². The van der Waals surface area contributed by atoms with Crippen LogP contribution >= 0.6 is 0 Å². The first-order chi connectivity index (χ1) is 10.0. The van der Waals surface area contributed by atoms with E-state index in [0.717, 1.165) is 32.5 Å². The van der Waals surface area contributed by atoms with Crippen LogP contribution in [0.2, 0.25) is 0 Å². The molecule has 1 aliphatic heterocycles. The van der Waals surface area contributed by atoms with Crippen molar-refractivity contribution in [2.45, 2.75) is 30.2 Å². The Balaban J connectivity index is 1.70. The second kappa shape index (κ2) is 5.94. The van der Waals surface area contributed by atoms with Gasteiger partial charge in [-0.2, -0.15) is 0 Å². The molecule has 1 unspecified atom stereocenters. The van der Waals surface area contributed by atoms with E-state index in [1.807, 2.05) is 12.1 Å². The molecule has 1 aliphatic carbocycles. The van der Waals surface area contributed by atoms with E-state index < -0.39 is 10.0 Å². The van der Waals surface area contributed by atoms with Gasteiger partial charge in [0.2, 0.25) is 10.0 Å². The van der Waals surface area contributed by atoms with Gasteiger partial charge in [0.15, 0.2) is 0 Å². The summed E-state index contributed by atoms with van der Waals surface area (Å²) in [6.45, 7) is 3.01. The molecule has 21 heavy (non-hydrogen) atoms. The zero-order chi connectivity index (χ0) is 14.9. The Kier molecular flexibility index (Phi) is 4.19. The van der Waals surface area contributed by atoms with Gasteiger partial charge in [-0.25, -0.2) is 13.1 Å². The fourth-order valence-corrected chi connectivity index (χ4v) is 4.27. The van der Waals surface area contributed by atoms with Crippen LogP contribution in [0.4, 0.5) is 5.69 Å². The van der Waals surface area contributed by atoms with Crippen LogP contribution in [-0.2, 0) is 10.0 Å². The van der Waals surface area contributed by atoms with Crippen LogP contribution in [-0.4, -0.2) is 46.0 Å². The summed E-state index contributed by atoms with van der Waals surface area (Å²) in [5.41, 5.74) is 0.709. The normalized spacial score (nSPS) is 23.4. The summed E-state index contributed by atoms with van der Waals surface area (Å²) in [5, 5.41) is 3.33. The number of benzene rings is 1. The first kappa shape index (κ1) is 14.8. The maximum absolute atomic E-state index is 12.4. The molecule has 1 saturated heterocycles. The van der Waals surface area contributed by atoms with E-state index in [1.165, 1.54) is 6.42 Å². The lowest BCUT2D eigenvalue weighted by Crippen LogP contribution is -2.27. The lowest BCUT2D eigenvalue weighted by molar-refractivity contribution is 0.399. The van der Waals surface area contributed by atoms with Gasteiger partial charge >= 0.3 is 0 Å². The average Bonchev–Trinajstić information content (AvgIpc) is 3.15. The SMILES string of the molecule is CN1CCC(CNc2ccccc2S(=O)(=O)NC2CC2)C1. The molecular formula is C15H23N3O2S. The third-order valence-corrected chi connectivity index (χ3v) is 5.72. The predicted octanol–water partition coefficient (Wildman–Crippen LogP) is 1.49. The maximum Gasteiger partial charge on any atom is 0.242 e. The lowest BCUT2D eigenvalue weighted by atomic mass is 10.1. The fraction of sp³-hybridized carbons (Fsp3) is 0.600. The summed E-state index contributed by atoms with van der Waals surface area (Å²) < 4.78 is 27.5. The van der Waals surface area contributed by atoms with E-state index in [1.54, 1.807) is 12.1 Å². The molecule has 1 saturated carbocycles. The number of rotatable bonds is 6. The number of nitrogens with zero attached hydrogens (tertiary/aromatic N) is 1. The molecule has 0 bridgehead atoms. The Hall–Kier alpha value is -1.11. The largest absolute Gasteiger partial charge is 0.384 e. The number of likely N-dealkylation sites (tertiary alicyclic amines) is 1. The Morgan fingerprint density at radius 3 is 2.67 bits per heavy atom. The smallest absolute Gasteiger partial charge is 0.242 e. The first-order valence-corrected chi connectivity index (χ1v) is 9.07. The number of hydrogen-bond donors (Lipinski definition) is 2. The maximum atomic E-state index is 12.4. The third kappa shape index (κ3) is 3.75. The molecular weight excluding hydrogens is 286 g/mol. The standard InChI is InChI=1S/C15H23N3O2S/c1-18-9-8-12(11-18)10-16-14-4-2-3-5-15(14)21(19,20)17-13-6-7-13/h2-5,12-13,16-17H,6-11H2,1H3. The molecule has 1 aromatic rings. The van der Waals surface area contributed by atoms with Crippen LogP contribution in [0.15, 0.2) is 29.2 Å². The highest BCUT2D eigenvalue weighted by atomic mass is 32.2. The summed E-state index contributed by atoms with van der Waals surface area (Å²) in [5.74, 6) is 0.585. The zero-order valence-corrected chi connectivity index (χ0v) is 13.2. The number of nitrogens with one attached hydrogen (secondary N) is 2. The molecule has 0 aromatic heterocycles. The van der Waals surface area contributed by atoms with Crippen molar-refractivity contribution in [2.75, 3.05) is 32.0 Å². The van der Waals surface area contributed by atoms with E-state index in [9.17, 15) is 8.42 Å². The zero-order valence-electron chi connectivity index (χ0n) is 12.4. The Morgan fingerprint density at radius 1 is 1.24 bits per heavy atom. The van der Waals surface area contributed by atoms with Crippen LogP contribution in [0, 0.1) is 5.92 Å². The lowest BCUT2D eigenvalue weighted by Gasteiger charge is -2.16. The molecule has 5 nitrogen and oxygen atoms in total. The van der Waals surface area contributed by atoms with Gasteiger partial charge < -0.3 is 10.2 Å². The molecule has 3 rings (SSSR count). The average molecular weight is 309 g/mol.